The van der Waals surface area contributed by atoms with Crippen LogP contribution in [0.5, 0.6) is 5.75 Å². The zero-order valence-corrected chi connectivity index (χ0v) is 13.1. The third-order valence-corrected chi connectivity index (χ3v) is 2.72. The van der Waals surface area contributed by atoms with E-state index in [1.54, 1.807) is 7.11 Å². The summed E-state index contributed by atoms with van der Waals surface area (Å²) < 4.78 is 5.07. The van der Waals surface area contributed by atoms with Crippen LogP contribution in [0.2, 0.25) is 0 Å². The number of anilines is 1. The van der Waals surface area contributed by atoms with Crippen molar-refractivity contribution in [2.45, 2.75) is 20.8 Å². The minimum atomic E-state index is -0.392. The summed E-state index contributed by atoms with van der Waals surface area (Å²) in [5, 5.41) is 5.78. The van der Waals surface area contributed by atoms with E-state index in [1.807, 2.05) is 45.0 Å². The number of amides is 1. The maximum Gasteiger partial charge on any atom is 0.225 e. The highest BCUT2D eigenvalue weighted by atomic mass is 16.5. The van der Waals surface area contributed by atoms with Crippen molar-refractivity contribution in [3.8, 4) is 5.75 Å². The van der Waals surface area contributed by atoms with Gasteiger partial charge in [-0.15, -0.1) is 0 Å². The average molecular weight is 292 g/mol. The molecule has 116 valence electrons. The van der Waals surface area contributed by atoms with Crippen LogP contribution in [-0.4, -0.2) is 32.1 Å². The minimum absolute atomic E-state index is 0.000569. The summed E-state index contributed by atoms with van der Waals surface area (Å²) in [5.41, 5.74) is 6.21. The van der Waals surface area contributed by atoms with E-state index in [2.05, 4.69) is 15.6 Å². The number of carbonyl (C=O) groups excluding carboxylic acids is 1. The van der Waals surface area contributed by atoms with Gasteiger partial charge in [-0.2, -0.15) is 0 Å². The van der Waals surface area contributed by atoms with Crippen LogP contribution in [0.4, 0.5) is 5.69 Å². The van der Waals surface area contributed by atoms with Gasteiger partial charge in [0.25, 0.3) is 0 Å². The molecule has 1 aromatic carbocycles. The molecule has 0 unspecified atom stereocenters. The fraction of sp³-hybridized carbons (Fsp3) is 0.467. The van der Waals surface area contributed by atoms with E-state index in [0.717, 1.165) is 11.4 Å². The zero-order valence-electron chi connectivity index (χ0n) is 13.1. The van der Waals surface area contributed by atoms with E-state index in [9.17, 15) is 4.79 Å². The number of hydrogen-bond donors (Lipinski definition) is 3. The smallest absolute Gasteiger partial charge is 0.225 e. The quantitative estimate of drug-likeness (QED) is 0.437. The number of methoxy groups -OCH3 is 1. The first-order valence-corrected chi connectivity index (χ1v) is 6.82. The van der Waals surface area contributed by atoms with Crippen molar-refractivity contribution >= 4 is 17.6 Å². The van der Waals surface area contributed by atoms with Crippen LogP contribution in [0, 0.1) is 5.41 Å². The minimum Gasteiger partial charge on any atom is -0.497 e. The molecule has 1 amide bonds. The molecule has 0 saturated carbocycles. The Morgan fingerprint density at radius 1 is 1.29 bits per heavy atom. The molecule has 0 aliphatic rings. The standard InChI is InChI=1S/C15H24N4O2/c1-15(2,3)13(20)17-9-10-18-14(16)19-11-5-7-12(21-4)8-6-11/h5-8H,9-10H2,1-4H3,(H,17,20)(H3,16,18,19). The molecule has 4 N–H and O–H groups in total. The third kappa shape index (κ3) is 6.16. The number of carbonyl (C=O) groups is 1. The summed E-state index contributed by atoms with van der Waals surface area (Å²) in [6.07, 6.45) is 0. The summed E-state index contributed by atoms with van der Waals surface area (Å²) in [6, 6.07) is 7.36. The first kappa shape index (κ1) is 16.8. The van der Waals surface area contributed by atoms with E-state index >= 15 is 0 Å². The Labute approximate surface area is 125 Å². The highest BCUT2D eigenvalue weighted by molar-refractivity contribution is 5.92. The molecule has 0 aliphatic heterocycles. The lowest BCUT2D eigenvalue weighted by Crippen LogP contribution is -2.36. The molecule has 0 aliphatic carbocycles. The van der Waals surface area contributed by atoms with Crippen LogP contribution in [0.1, 0.15) is 20.8 Å². The molecule has 0 aromatic heterocycles. The molecule has 0 saturated heterocycles. The predicted molar refractivity (Wildman–Crippen MR) is 85.6 cm³/mol. The zero-order chi connectivity index (χ0) is 15.9. The van der Waals surface area contributed by atoms with E-state index in [4.69, 9.17) is 10.5 Å². The SMILES string of the molecule is COc1ccc(NC(N)=NCCNC(=O)C(C)(C)C)cc1. The number of hydrogen-bond acceptors (Lipinski definition) is 3. The van der Waals surface area contributed by atoms with Crippen LogP contribution in [0.3, 0.4) is 0 Å². The van der Waals surface area contributed by atoms with Crippen molar-refractivity contribution < 1.29 is 9.53 Å². The molecule has 0 radical (unpaired) electrons. The number of guanidine groups is 1. The van der Waals surface area contributed by atoms with Gasteiger partial charge in [0.1, 0.15) is 5.75 Å². The van der Waals surface area contributed by atoms with Gasteiger partial charge in [0.15, 0.2) is 5.96 Å². The maximum atomic E-state index is 11.6. The van der Waals surface area contributed by atoms with E-state index in [1.165, 1.54) is 0 Å². The topological polar surface area (TPSA) is 88.7 Å². The first-order valence-electron chi connectivity index (χ1n) is 6.82. The molecule has 21 heavy (non-hydrogen) atoms. The normalized spacial score (nSPS) is 11.9. The van der Waals surface area contributed by atoms with Crippen molar-refractivity contribution in [1.29, 1.82) is 0 Å². The summed E-state index contributed by atoms with van der Waals surface area (Å²) in [6.45, 7) is 6.49. The summed E-state index contributed by atoms with van der Waals surface area (Å²) in [5.74, 6) is 1.09. The largest absolute Gasteiger partial charge is 0.497 e. The molecule has 0 atom stereocenters. The molecule has 0 heterocycles. The molecule has 1 rings (SSSR count). The Hall–Kier alpha value is -2.24. The van der Waals surface area contributed by atoms with Gasteiger partial charge in [0.05, 0.1) is 13.7 Å². The van der Waals surface area contributed by atoms with Crippen LogP contribution >= 0.6 is 0 Å². The van der Waals surface area contributed by atoms with Gasteiger partial charge < -0.3 is 21.1 Å². The summed E-state index contributed by atoms with van der Waals surface area (Å²) in [4.78, 5) is 15.8. The van der Waals surface area contributed by atoms with E-state index in [-0.39, 0.29) is 5.91 Å². The molecule has 6 nitrogen and oxygen atoms in total. The molecule has 0 fully saturated rings. The lowest BCUT2D eigenvalue weighted by Gasteiger charge is -2.17. The van der Waals surface area contributed by atoms with Gasteiger partial charge in [-0.1, -0.05) is 20.8 Å². The second-order valence-electron chi connectivity index (χ2n) is 5.63. The van der Waals surface area contributed by atoms with Crippen molar-refractivity contribution in [2.24, 2.45) is 16.1 Å². The third-order valence-electron chi connectivity index (χ3n) is 2.72. The number of nitrogens with one attached hydrogen (secondary N) is 2. The number of benzene rings is 1. The number of aliphatic imine (C=N–C) groups is 1. The van der Waals surface area contributed by atoms with Gasteiger partial charge >= 0.3 is 0 Å². The lowest BCUT2D eigenvalue weighted by molar-refractivity contribution is -0.128. The monoisotopic (exact) mass is 292 g/mol. The number of ether oxygens (including phenoxy) is 1. The molecule has 0 bridgehead atoms. The number of nitrogens with two attached hydrogens (primary N) is 1. The Morgan fingerprint density at radius 2 is 1.90 bits per heavy atom. The van der Waals surface area contributed by atoms with Gasteiger partial charge in [-0.05, 0) is 24.3 Å². The second-order valence-corrected chi connectivity index (χ2v) is 5.63. The molecular formula is C15H24N4O2. The first-order chi connectivity index (χ1) is 9.82. The highest BCUT2D eigenvalue weighted by Gasteiger charge is 2.19. The fourth-order valence-electron chi connectivity index (χ4n) is 1.47. The van der Waals surface area contributed by atoms with Crippen LogP contribution in [0.15, 0.2) is 29.3 Å². The van der Waals surface area contributed by atoms with Crippen molar-refractivity contribution in [3.63, 3.8) is 0 Å². The van der Waals surface area contributed by atoms with Crippen LogP contribution < -0.4 is 21.1 Å². The maximum absolute atomic E-state index is 11.6. The van der Waals surface area contributed by atoms with Crippen molar-refractivity contribution in [3.05, 3.63) is 24.3 Å². The summed E-state index contributed by atoms with van der Waals surface area (Å²) in [7, 11) is 1.62. The van der Waals surface area contributed by atoms with E-state index in [0.29, 0.717) is 19.0 Å². The Balaban J connectivity index is 2.37. The second kappa shape index (κ2) is 7.52. The molecule has 6 heteroatoms. The Bertz CT molecular complexity index is 489. The van der Waals surface area contributed by atoms with Gasteiger partial charge in [0, 0.05) is 17.6 Å². The molecule has 0 spiro atoms. The Morgan fingerprint density at radius 3 is 2.43 bits per heavy atom. The number of nitrogens with zero attached hydrogens (tertiary/aromatic N) is 1. The molecular weight excluding hydrogens is 268 g/mol. The highest BCUT2D eigenvalue weighted by Crippen LogP contribution is 2.14. The number of rotatable bonds is 5. The van der Waals surface area contributed by atoms with Crippen LogP contribution in [0.25, 0.3) is 0 Å². The molecule has 1 aromatic rings. The predicted octanol–water partition coefficient (Wildman–Crippen LogP) is 1.58. The lowest BCUT2D eigenvalue weighted by atomic mass is 9.96. The van der Waals surface area contributed by atoms with Gasteiger partial charge in [-0.3, -0.25) is 9.79 Å². The van der Waals surface area contributed by atoms with Gasteiger partial charge in [0.2, 0.25) is 5.91 Å². The fourth-order valence-corrected chi connectivity index (χ4v) is 1.47. The van der Waals surface area contributed by atoms with E-state index < -0.39 is 5.41 Å². The summed E-state index contributed by atoms with van der Waals surface area (Å²) >= 11 is 0. The van der Waals surface area contributed by atoms with Crippen LogP contribution in [-0.2, 0) is 4.79 Å². The van der Waals surface area contributed by atoms with Crippen molar-refractivity contribution in [1.82, 2.24) is 5.32 Å². The van der Waals surface area contributed by atoms with Crippen molar-refractivity contribution in [2.75, 3.05) is 25.5 Å². The average Bonchev–Trinajstić information content (AvgIpc) is 2.43. The Kier molecular flexibility index (Phi) is 6.02. The van der Waals surface area contributed by atoms with Gasteiger partial charge in [-0.25, -0.2) is 0 Å².